The minimum Gasteiger partial charge on any atom is -0.377 e. The molecule has 1 rings (SSSR count). The van der Waals surface area contributed by atoms with E-state index in [0.717, 1.165) is 6.42 Å². The highest BCUT2D eigenvalue weighted by molar-refractivity contribution is 5.03. The number of nitrogens with one attached hydrogen (secondary N) is 1. The first-order valence-electron chi connectivity index (χ1n) is 6.27. The van der Waals surface area contributed by atoms with E-state index in [4.69, 9.17) is 15.3 Å². The van der Waals surface area contributed by atoms with Gasteiger partial charge in [-0.2, -0.15) is 0 Å². The fraction of sp³-hybridized carbons (Fsp3) is 1.00. The maximum Gasteiger partial charge on any atom is 0.0792 e. The van der Waals surface area contributed by atoms with Crippen molar-refractivity contribution in [3.63, 3.8) is 0 Å². The monoisotopic (exact) mass is 244 g/mol. The molecule has 17 heavy (non-hydrogen) atoms. The number of rotatable bonds is 4. The van der Waals surface area contributed by atoms with Crippen molar-refractivity contribution < 1.29 is 9.47 Å². The summed E-state index contributed by atoms with van der Waals surface area (Å²) in [4.78, 5) is 0. The van der Waals surface area contributed by atoms with Crippen LogP contribution in [0.4, 0.5) is 0 Å². The minimum absolute atomic E-state index is 0.0595. The van der Waals surface area contributed by atoms with E-state index in [2.05, 4.69) is 47.0 Å². The maximum absolute atomic E-state index is 6.12. The van der Waals surface area contributed by atoms with Crippen LogP contribution in [0, 0.1) is 5.92 Å². The van der Waals surface area contributed by atoms with Crippen LogP contribution in [0.3, 0.4) is 0 Å². The number of hydrogen-bond acceptors (Lipinski definition) is 4. The van der Waals surface area contributed by atoms with E-state index in [-0.39, 0.29) is 22.8 Å². The van der Waals surface area contributed by atoms with Gasteiger partial charge in [-0.15, -0.1) is 0 Å². The van der Waals surface area contributed by atoms with Gasteiger partial charge in [0.15, 0.2) is 0 Å². The Kier molecular flexibility index (Phi) is 3.94. The Hall–Kier alpha value is -0.160. The number of methoxy groups -OCH3 is 1. The van der Waals surface area contributed by atoms with Crippen LogP contribution in [0.2, 0.25) is 0 Å². The molecule has 0 aromatic heterocycles. The van der Waals surface area contributed by atoms with Gasteiger partial charge in [-0.05, 0) is 48.0 Å². The molecule has 0 aromatic rings. The van der Waals surface area contributed by atoms with Gasteiger partial charge >= 0.3 is 0 Å². The second-order valence-corrected chi connectivity index (χ2v) is 6.73. The Morgan fingerprint density at radius 3 is 2.18 bits per heavy atom. The van der Waals surface area contributed by atoms with E-state index in [1.54, 1.807) is 7.11 Å². The molecule has 4 heteroatoms. The number of hydrazine groups is 1. The van der Waals surface area contributed by atoms with E-state index >= 15 is 0 Å². The van der Waals surface area contributed by atoms with Crippen LogP contribution < -0.4 is 11.3 Å². The van der Waals surface area contributed by atoms with Crippen LogP contribution in [0.15, 0.2) is 0 Å². The first-order valence-corrected chi connectivity index (χ1v) is 6.27. The SMILES string of the molecule is COC(C)(C)C(NN)C1CC(C)(C)OC1(C)C. The third-order valence-electron chi connectivity index (χ3n) is 4.00. The molecule has 0 bridgehead atoms. The maximum atomic E-state index is 6.12. The Balaban J connectivity index is 2.98. The predicted octanol–water partition coefficient (Wildman–Crippen LogP) is 1.84. The molecule has 0 aliphatic carbocycles. The minimum atomic E-state index is -0.319. The zero-order chi connectivity index (χ0) is 13.5. The molecule has 1 saturated heterocycles. The number of hydrogen-bond donors (Lipinski definition) is 2. The normalized spacial score (nSPS) is 29.3. The largest absolute Gasteiger partial charge is 0.377 e. The average Bonchev–Trinajstić information content (AvgIpc) is 2.35. The first-order chi connectivity index (χ1) is 7.56. The lowest BCUT2D eigenvalue weighted by Crippen LogP contribution is -2.58. The molecule has 1 fully saturated rings. The van der Waals surface area contributed by atoms with Crippen LogP contribution in [0.25, 0.3) is 0 Å². The van der Waals surface area contributed by atoms with Crippen molar-refractivity contribution in [1.82, 2.24) is 5.43 Å². The summed E-state index contributed by atoms with van der Waals surface area (Å²) >= 11 is 0. The summed E-state index contributed by atoms with van der Waals surface area (Å²) in [6, 6.07) is 0.0595. The number of ether oxygens (including phenoxy) is 2. The van der Waals surface area contributed by atoms with Crippen LogP contribution >= 0.6 is 0 Å². The van der Waals surface area contributed by atoms with Crippen molar-refractivity contribution in [2.45, 2.75) is 70.8 Å². The lowest BCUT2D eigenvalue weighted by atomic mass is 9.76. The molecular formula is C13H28N2O2. The Bertz CT molecular complexity index is 275. The van der Waals surface area contributed by atoms with Crippen molar-refractivity contribution in [2.24, 2.45) is 11.8 Å². The molecule has 0 amide bonds. The third kappa shape index (κ3) is 2.99. The quantitative estimate of drug-likeness (QED) is 0.585. The van der Waals surface area contributed by atoms with Crippen molar-refractivity contribution in [2.75, 3.05) is 7.11 Å². The summed E-state index contributed by atoms with van der Waals surface area (Å²) in [6.07, 6.45) is 0.974. The summed E-state index contributed by atoms with van der Waals surface area (Å²) in [5, 5.41) is 0. The van der Waals surface area contributed by atoms with Crippen molar-refractivity contribution >= 4 is 0 Å². The van der Waals surface area contributed by atoms with Gasteiger partial charge in [-0.1, -0.05) is 0 Å². The highest BCUT2D eigenvalue weighted by Gasteiger charge is 2.52. The molecule has 4 nitrogen and oxygen atoms in total. The molecule has 1 aliphatic rings. The van der Waals surface area contributed by atoms with E-state index in [0.29, 0.717) is 5.92 Å². The molecule has 2 atom stereocenters. The lowest BCUT2D eigenvalue weighted by molar-refractivity contribution is -0.0950. The molecule has 0 aromatic carbocycles. The molecule has 0 radical (unpaired) electrons. The Morgan fingerprint density at radius 2 is 1.88 bits per heavy atom. The number of nitrogens with two attached hydrogens (primary N) is 1. The van der Waals surface area contributed by atoms with E-state index < -0.39 is 0 Å². The summed E-state index contributed by atoms with van der Waals surface area (Å²) in [7, 11) is 1.72. The predicted molar refractivity (Wildman–Crippen MR) is 69.5 cm³/mol. The summed E-state index contributed by atoms with van der Waals surface area (Å²) in [5.74, 6) is 6.06. The second kappa shape index (κ2) is 4.50. The Labute approximate surface area is 105 Å². The average molecular weight is 244 g/mol. The van der Waals surface area contributed by atoms with E-state index in [1.165, 1.54) is 0 Å². The highest BCUT2D eigenvalue weighted by Crippen LogP contribution is 2.45. The fourth-order valence-electron chi connectivity index (χ4n) is 3.05. The molecule has 0 spiro atoms. The molecule has 0 saturated carbocycles. The molecule has 1 aliphatic heterocycles. The van der Waals surface area contributed by atoms with Gasteiger partial charge in [0.05, 0.1) is 22.8 Å². The molecule has 1 heterocycles. The topological polar surface area (TPSA) is 56.5 Å². The lowest BCUT2D eigenvalue weighted by Gasteiger charge is -2.41. The van der Waals surface area contributed by atoms with Crippen LogP contribution in [0.1, 0.15) is 48.0 Å². The van der Waals surface area contributed by atoms with Crippen LogP contribution in [-0.2, 0) is 9.47 Å². The van der Waals surface area contributed by atoms with Gasteiger partial charge in [-0.3, -0.25) is 11.3 Å². The molecule has 3 N–H and O–H groups in total. The van der Waals surface area contributed by atoms with Crippen molar-refractivity contribution in [3.8, 4) is 0 Å². The summed E-state index contributed by atoms with van der Waals surface area (Å²) < 4.78 is 11.7. The first kappa shape index (κ1) is 14.9. The van der Waals surface area contributed by atoms with Gasteiger partial charge in [-0.25, -0.2) is 0 Å². The third-order valence-corrected chi connectivity index (χ3v) is 4.00. The zero-order valence-corrected chi connectivity index (χ0v) is 12.3. The van der Waals surface area contributed by atoms with Crippen LogP contribution in [-0.4, -0.2) is 30.0 Å². The van der Waals surface area contributed by atoms with Crippen LogP contribution in [0.5, 0.6) is 0 Å². The van der Waals surface area contributed by atoms with Gasteiger partial charge in [0, 0.05) is 13.0 Å². The van der Waals surface area contributed by atoms with Crippen molar-refractivity contribution in [3.05, 3.63) is 0 Å². The van der Waals surface area contributed by atoms with Gasteiger partial charge in [0.1, 0.15) is 0 Å². The van der Waals surface area contributed by atoms with Gasteiger partial charge < -0.3 is 9.47 Å². The van der Waals surface area contributed by atoms with Crippen molar-refractivity contribution in [1.29, 1.82) is 0 Å². The highest BCUT2D eigenvalue weighted by atomic mass is 16.5. The zero-order valence-electron chi connectivity index (χ0n) is 12.3. The molecule has 102 valence electrons. The van der Waals surface area contributed by atoms with Gasteiger partial charge in [0.2, 0.25) is 0 Å². The smallest absolute Gasteiger partial charge is 0.0792 e. The van der Waals surface area contributed by atoms with E-state index in [1.807, 2.05) is 0 Å². The Morgan fingerprint density at radius 1 is 1.35 bits per heavy atom. The fourth-order valence-corrected chi connectivity index (χ4v) is 3.05. The van der Waals surface area contributed by atoms with E-state index in [9.17, 15) is 0 Å². The standard InChI is InChI=1S/C13H28N2O2/c1-11(2)8-9(12(3,4)17-11)10(15-14)13(5,6)16-7/h9-10,15H,8,14H2,1-7H3. The second-order valence-electron chi connectivity index (χ2n) is 6.73. The summed E-state index contributed by atoms with van der Waals surface area (Å²) in [6.45, 7) is 12.6. The molecule has 2 unspecified atom stereocenters. The summed E-state index contributed by atoms with van der Waals surface area (Å²) in [5.41, 5.74) is 2.30. The van der Waals surface area contributed by atoms with Gasteiger partial charge in [0.25, 0.3) is 0 Å². The molecular weight excluding hydrogens is 216 g/mol.